The third-order valence-corrected chi connectivity index (χ3v) is 4.99. The minimum Gasteiger partial charge on any atom is -0.316 e. The topological polar surface area (TPSA) is 12.0 Å². The van der Waals surface area contributed by atoms with Gasteiger partial charge in [-0.1, -0.05) is 55.5 Å². The second-order valence-corrected chi connectivity index (χ2v) is 6.53. The summed E-state index contributed by atoms with van der Waals surface area (Å²) >= 11 is 12.7. The highest BCUT2D eigenvalue weighted by atomic mass is 35.5. The molecule has 1 aliphatic rings. The molecule has 3 heteroatoms. The maximum Gasteiger partial charge on any atom is 0.0453 e. The van der Waals surface area contributed by atoms with Gasteiger partial charge in [-0.15, -0.1) is 0 Å². The van der Waals surface area contributed by atoms with Gasteiger partial charge in [-0.05, 0) is 48.9 Å². The first-order valence-corrected chi connectivity index (χ1v) is 8.06. The molecule has 1 saturated carbocycles. The molecule has 0 amide bonds. The Morgan fingerprint density at radius 1 is 1.11 bits per heavy atom. The van der Waals surface area contributed by atoms with Gasteiger partial charge in [0.25, 0.3) is 0 Å². The SMILES string of the molecule is CCNCC1(Cc2c(Cl)cccc2Cl)CCCCC1. The van der Waals surface area contributed by atoms with Crippen LogP contribution in [-0.4, -0.2) is 13.1 Å². The number of nitrogens with one attached hydrogen (secondary N) is 1. The minimum atomic E-state index is 0.336. The van der Waals surface area contributed by atoms with Crippen LogP contribution in [0.1, 0.15) is 44.6 Å². The molecule has 0 atom stereocenters. The summed E-state index contributed by atoms with van der Waals surface area (Å²) < 4.78 is 0. The van der Waals surface area contributed by atoms with Crippen LogP contribution < -0.4 is 5.32 Å². The van der Waals surface area contributed by atoms with E-state index in [4.69, 9.17) is 23.2 Å². The lowest BCUT2D eigenvalue weighted by Crippen LogP contribution is -2.38. The molecule has 2 rings (SSSR count). The van der Waals surface area contributed by atoms with Gasteiger partial charge in [0.2, 0.25) is 0 Å². The maximum absolute atomic E-state index is 6.34. The molecule has 0 aromatic heterocycles. The van der Waals surface area contributed by atoms with Crippen LogP contribution in [0.3, 0.4) is 0 Å². The third kappa shape index (κ3) is 3.87. The Hall–Kier alpha value is -0.240. The number of benzene rings is 1. The molecule has 106 valence electrons. The first kappa shape index (κ1) is 15.2. The Balaban J connectivity index is 2.19. The first-order chi connectivity index (χ1) is 9.17. The predicted octanol–water partition coefficient (Wildman–Crippen LogP) is 5.10. The lowest BCUT2D eigenvalue weighted by Gasteiger charge is -2.38. The number of hydrogen-bond donors (Lipinski definition) is 1. The molecule has 1 nitrogen and oxygen atoms in total. The normalized spacial score (nSPS) is 18.5. The summed E-state index contributed by atoms with van der Waals surface area (Å²) in [6.45, 7) is 4.27. The maximum atomic E-state index is 6.34. The summed E-state index contributed by atoms with van der Waals surface area (Å²) in [7, 11) is 0. The molecule has 19 heavy (non-hydrogen) atoms. The molecule has 0 saturated heterocycles. The van der Waals surface area contributed by atoms with Crippen LogP contribution >= 0.6 is 23.2 Å². The van der Waals surface area contributed by atoms with Crippen molar-refractivity contribution in [3.8, 4) is 0 Å². The molecule has 0 bridgehead atoms. The van der Waals surface area contributed by atoms with Gasteiger partial charge in [-0.2, -0.15) is 0 Å². The number of rotatable bonds is 5. The Labute approximate surface area is 126 Å². The smallest absolute Gasteiger partial charge is 0.0453 e. The van der Waals surface area contributed by atoms with Gasteiger partial charge in [0.15, 0.2) is 0 Å². The molecule has 0 radical (unpaired) electrons. The van der Waals surface area contributed by atoms with Crippen molar-refractivity contribution in [3.63, 3.8) is 0 Å². The fourth-order valence-corrected chi connectivity index (χ4v) is 3.72. The molecule has 1 aliphatic carbocycles. The molecule has 1 aromatic rings. The molecule has 0 aliphatic heterocycles. The standard InChI is InChI=1S/C16H23Cl2N/c1-2-19-12-16(9-4-3-5-10-16)11-13-14(17)7-6-8-15(13)18/h6-8,19H,2-5,9-12H2,1H3. The number of hydrogen-bond acceptors (Lipinski definition) is 1. The lowest BCUT2D eigenvalue weighted by molar-refractivity contribution is 0.182. The van der Waals surface area contributed by atoms with Gasteiger partial charge in [0, 0.05) is 16.6 Å². The fourth-order valence-electron chi connectivity index (χ4n) is 3.18. The summed E-state index contributed by atoms with van der Waals surface area (Å²) in [5, 5.41) is 5.16. The van der Waals surface area contributed by atoms with Gasteiger partial charge in [0.05, 0.1) is 0 Å². The second kappa shape index (κ2) is 6.97. The van der Waals surface area contributed by atoms with Crippen LogP contribution in [0.5, 0.6) is 0 Å². The summed E-state index contributed by atoms with van der Waals surface area (Å²) in [4.78, 5) is 0. The highest BCUT2D eigenvalue weighted by molar-refractivity contribution is 6.36. The van der Waals surface area contributed by atoms with Crippen LogP contribution in [0.4, 0.5) is 0 Å². The van der Waals surface area contributed by atoms with E-state index in [2.05, 4.69) is 12.2 Å². The predicted molar refractivity (Wildman–Crippen MR) is 84.2 cm³/mol. The van der Waals surface area contributed by atoms with E-state index in [1.165, 1.54) is 32.1 Å². The highest BCUT2D eigenvalue weighted by Crippen LogP contribution is 2.41. The Morgan fingerprint density at radius 2 is 1.74 bits per heavy atom. The summed E-state index contributed by atoms with van der Waals surface area (Å²) in [6.07, 6.45) is 7.58. The van der Waals surface area contributed by atoms with Crippen molar-refractivity contribution >= 4 is 23.2 Å². The lowest BCUT2D eigenvalue weighted by atomic mass is 9.70. The van der Waals surface area contributed by atoms with Crippen LogP contribution in [0.25, 0.3) is 0 Å². The van der Waals surface area contributed by atoms with Crippen molar-refractivity contribution in [1.82, 2.24) is 5.32 Å². The molecule has 0 heterocycles. The van der Waals surface area contributed by atoms with E-state index in [9.17, 15) is 0 Å². The van der Waals surface area contributed by atoms with E-state index < -0.39 is 0 Å². The third-order valence-electron chi connectivity index (χ3n) is 4.28. The first-order valence-electron chi connectivity index (χ1n) is 7.30. The van der Waals surface area contributed by atoms with Crippen molar-refractivity contribution in [2.24, 2.45) is 5.41 Å². The van der Waals surface area contributed by atoms with Crippen LogP contribution in [-0.2, 0) is 6.42 Å². The molecular weight excluding hydrogens is 277 g/mol. The van der Waals surface area contributed by atoms with Crippen molar-refractivity contribution in [2.45, 2.75) is 45.4 Å². The van der Waals surface area contributed by atoms with E-state index in [0.29, 0.717) is 5.41 Å². The van der Waals surface area contributed by atoms with E-state index in [1.54, 1.807) is 0 Å². The van der Waals surface area contributed by atoms with Crippen LogP contribution in [0.2, 0.25) is 10.0 Å². The van der Waals surface area contributed by atoms with E-state index in [-0.39, 0.29) is 0 Å². The van der Waals surface area contributed by atoms with E-state index >= 15 is 0 Å². The van der Waals surface area contributed by atoms with Crippen molar-refractivity contribution in [3.05, 3.63) is 33.8 Å². The molecular formula is C16H23Cl2N. The zero-order valence-electron chi connectivity index (χ0n) is 11.6. The Kier molecular flexibility index (Phi) is 5.56. The van der Waals surface area contributed by atoms with Gasteiger partial charge in [-0.25, -0.2) is 0 Å². The molecule has 1 N–H and O–H groups in total. The van der Waals surface area contributed by atoms with Crippen molar-refractivity contribution in [1.29, 1.82) is 0 Å². The molecule has 0 unspecified atom stereocenters. The van der Waals surface area contributed by atoms with Crippen molar-refractivity contribution < 1.29 is 0 Å². The highest BCUT2D eigenvalue weighted by Gasteiger charge is 2.32. The number of halogens is 2. The zero-order chi connectivity index (χ0) is 13.7. The van der Waals surface area contributed by atoms with Gasteiger partial charge in [0.1, 0.15) is 0 Å². The molecule has 0 spiro atoms. The van der Waals surface area contributed by atoms with Crippen LogP contribution in [0, 0.1) is 5.41 Å². The fraction of sp³-hybridized carbons (Fsp3) is 0.625. The Bertz CT molecular complexity index is 391. The van der Waals surface area contributed by atoms with E-state index in [1.807, 2.05) is 18.2 Å². The second-order valence-electron chi connectivity index (χ2n) is 5.72. The Morgan fingerprint density at radius 3 is 2.32 bits per heavy atom. The summed E-state index contributed by atoms with van der Waals surface area (Å²) in [6, 6.07) is 5.82. The summed E-state index contributed by atoms with van der Waals surface area (Å²) in [5.74, 6) is 0. The van der Waals surface area contributed by atoms with Gasteiger partial charge >= 0.3 is 0 Å². The van der Waals surface area contributed by atoms with Crippen LogP contribution in [0.15, 0.2) is 18.2 Å². The largest absolute Gasteiger partial charge is 0.316 e. The van der Waals surface area contributed by atoms with Gasteiger partial charge < -0.3 is 5.32 Å². The van der Waals surface area contributed by atoms with Gasteiger partial charge in [-0.3, -0.25) is 0 Å². The van der Waals surface area contributed by atoms with E-state index in [0.717, 1.165) is 35.1 Å². The monoisotopic (exact) mass is 299 g/mol. The zero-order valence-corrected chi connectivity index (χ0v) is 13.2. The average molecular weight is 300 g/mol. The quantitative estimate of drug-likeness (QED) is 0.798. The minimum absolute atomic E-state index is 0.336. The summed E-state index contributed by atoms with van der Waals surface area (Å²) in [5.41, 5.74) is 1.47. The van der Waals surface area contributed by atoms with Crippen molar-refractivity contribution in [2.75, 3.05) is 13.1 Å². The molecule has 1 aromatic carbocycles. The molecule has 1 fully saturated rings. The average Bonchev–Trinajstić information content (AvgIpc) is 2.42.